The van der Waals surface area contributed by atoms with Gasteiger partial charge in [-0.05, 0) is 110 Å². The molecule has 2 nitrogen and oxygen atoms in total. The van der Waals surface area contributed by atoms with E-state index in [1.54, 1.807) is 0 Å². The van der Waals surface area contributed by atoms with Gasteiger partial charge in [-0.3, -0.25) is 0 Å². The zero-order valence-electron chi connectivity index (χ0n) is 38.9. The third-order valence-corrected chi connectivity index (χ3v) is 15.8. The third-order valence-electron chi connectivity index (χ3n) is 15.8. The molecule has 0 atom stereocenters. The van der Waals surface area contributed by atoms with E-state index >= 15 is 0 Å². The first kappa shape index (κ1) is 39.7. The van der Waals surface area contributed by atoms with Crippen LogP contribution in [0.2, 0.25) is 0 Å². The lowest BCUT2D eigenvalue weighted by Crippen LogP contribution is -2.33. The summed E-state index contributed by atoms with van der Waals surface area (Å²) in [5.74, 6) is 1.84. The summed E-state index contributed by atoms with van der Waals surface area (Å²) < 4.78 is 7.30. The molecule has 9 aromatic carbocycles. The van der Waals surface area contributed by atoms with E-state index in [2.05, 4.69) is 247 Å². The van der Waals surface area contributed by atoms with Gasteiger partial charge in [0.15, 0.2) is 0 Å². The Morgan fingerprint density at radius 3 is 1.67 bits per heavy atom. The zero-order chi connectivity index (χ0) is 45.4. The van der Waals surface area contributed by atoms with Gasteiger partial charge in [0, 0.05) is 49.7 Å². The summed E-state index contributed by atoms with van der Waals surface area (Å²) in [6, 6.07) is 67.8. The number of ether oxygens (including phenoxy) is 1. The standard InChI is InChI=1S/C65H51NO/c1-7-19-54-49(47-25-13-17-29-55(47)65(54)57-35-32-41-20-8-10-22-44(41)61(57)67-62-45-23-11-9-21-42(45)33-36-58(62)65)38-40(2)66(43-34-37-53-50(39-43)46-24-12-15-27-51(46)63(53,3)4)59-31-18-30-56-60(59)48-26-14-16-28-52(48)64(56,5)6/h7-39H,1-6H3/b19-7-,40-38-. The van der Waals surface area contributed by atoms with E-state index in [-0.39, 0.29) is 10.8 Å². The van der Waals surface area contributed by atoms with Crippen molar-refractivity contribution in [2.24, 2.45) is 0 Å². The van der Waals surface area contributed by atoms with E-state index < -0.39 is 5.41 Å². The molecule has 13 rings (SSSR count). The number of hydrogen-bond donors (Lipinski definition) is 0. The molecular weight excluding hydrogens is 811 g/mol. The van der Waals surface area contributed by atoms with Crippen molar-refractivity contribution in [2.45, 2.75) is 57.8 Å². The smallest absolute Gasteiger partial charge is 0.140 e. The molecule has 1 aliphatic heterocycles. The largest absolute Gasteiger partial charge is 0.455 e. The van der Waals surface area contributed by atoms with Crippen molar-refractivity contribution in [2.75, 3.05) is 4.90 Å². The van der Waals surface area contributed by atoms with Crippen LogP contribution in [-0.4, -0.2) is 0 Å². The van der Waals surface area contributed by atoms with Crippen molar-refractivity contribution in [3.8, 4) is 33.8 Å². The summed E-state index contributed by atoms with van der Waals surface area (Å²) in [6.07, 6.45) is 7.08. The first-order chi connectivity index (χ1) is 32.6. The number of nitrogens with zero attached hydrogens (tertiary/aromatic N) is 1. The lowest BCUT2D eigenvalue weighted by Gasteiger charge is -2.41. The molecule has 0 radical (unpaired) electrons. The van der Waals surface area contributed by atoms with Crippen molar-refractivity contribution in [3.05, 3.63) is 256 Å². The van der Waals surface area contributed by atoms with Crippen LogP contribution >= 0.6 is 0 Å². The van der Waals surface area contributed by atoms with Crippen molar-refractivity contribution < 1.29 is 4.74 Å². The monoisotopic (exact) mass is 861 g/mol. The third kappa shape index (κ3) is 5.27. The summed E-state index contributed by atoms with van der Waals surface area (Å²) in [5, 5.41) is 4.55. The number of anilines is 2. The molecule has 322 valence electrons. The predicted octanol–water partition coefficient (Wildman–Crippen LogP) is 17.1. The van der Waals surface area contributed by atoms with Crippen LogP contribution in [0, 0.1) is 0 Å². The highest BCUT2D eigenvalue weighted by Crippen LogP contribution is 2.64. The number of benzene rings is 9. The van der Waals surface area contributed by atoms with Gasteiger partial charge in [0.25, 0.3) is 0 Å². The molecule has 0 fully saturated rings. The predicted molar refractivity (Wildman–Crippen MR) is 280 cm³/mol. The average molecular weight is 862 g/mol. The van der Waals surface area contributed by atoms with E-state index in [1.807, 2.05) is 0 Å². The Labute approximate surface area is 393 Å². The van der Waals surface area contributed by atoms with Gasteiger partial charge in [-0.15, -0.1) is 0 Å². The first-order valence-electron chi connectivity index (χ1n) is 23.8. The molecule has 2 heteroatoms. The molecule has 4 aliphatic rings. The summed E-state index contributed by atoms with van der Waals surface area (Å²) in [5.41, 5.74) is 20.5. The summed E-state index contributed by atoms with van der Waals surface area (Å²) in [6.45, 7) is 14.0. The number of hydrogen-bond acceptors (Lipinski definition) is 2. The van der Waals surface area contributed by atoms with Gasteiger partial charge in [0.2, 0.25) is 0 Å². The van der Waals surface area contributed by atoms with Crippen LogP contribution < -0.4 is 9.64 Å². The maximum absolute atomic E-state index is 7.30. The van der Waals surface area contributed by atoms with Gasteiger partial charge in [-0.2, -0.15) is 0 Å². The Hall–Kier alpha value is -7.68. The molecule has 0 unspecified atom stereocenters. The second kappa shape index (κ2) is 14.2. The van der Waals surface area contributed by atoms with Gasteiger partial charge < -0.3 is 9.64 Å². The highest BCUT2D eigenvalue weighted by Gasteiger charge is 2.52. The molecule has 3 aliphatic carbocycles. The molecule has 0 saturated heterocycles. The lowest BCUT2D eigenvalue weighted by atomic mass is 9.64. The van der Waals surface area contributed by atoms with Gasteiger partial charge in [-0.1, -0.05) is 204 Å². The minimum atomic E-state index is -0.670. The summed E-state index contributed by atoms with van der Waals surface area (Å²) >= 11 is 0. The van der Waals surface area contributed by atoms with Crippen LogP contribution in [-0.2, 0) is 16.2 Å². The van der Waals surface area contributed by atoms with Crippen molar-refractivity contribution >= 4 is 38.5 Å². The quantitative estimate of drug-likeness (QED) is 0.171. The fourth-order valence-corrected chi connectivity index (χ4v) is 12.8. The Morgan fingerprint density at radius 1 is 0.478 bits per heavy atom. The van der Waals surface area contributed by atoms with Gasteiger partial charge in [0.05, 0.1) is 11.1 Å². The highest BCUT2D eigenvalue weighted by molar-refractivity contribution is 6.02. The molecular formula is C65H51NO. The van der Waals surface area contributed by atoms with Gasteiger partial charge in [-0.25, -0.2) is 0 Å². The molecule has 1 spiro atoms. The molecule has 67 heavy (non-hydrogen) atoms. The van der Waals surface area contributed by atoms with Crippen molar-refractivity contribution in [1.82, 2.24) is 0 Å². The van der Waals surface area contributed by atoms with Crippen LogP contribution in [0.4, 0.5) is 11.4 Å². The maximum atomic E-state index is 7.30. The molecule has 1 heterocycles. The summed E-state index contributed by atoms with van der Waals surface area (Å²) in [4.78, 5) is 2.55. The number of fused-ring (bicyclic) bond motifs is 16. The van der Waals surface area contributed by atoms with Crippen LogP contribution in [0.3, 0.4) is 0 Å². The SMILES string of the molecule is C/C=C\C1=C(/C=C(/C)N(c2ccc3c(c2)-c2ccccc2C3(C)C)c2cccc3c2-c2ccccc2C3(C)C)c2ccccc2C12c1ccc3ccccc3c1Oc1c2ccc2ccccc12. The topological polar surface area (TPSA) is 12.5 Å². The lowest BCUT2D eigenvalue weighted by molar-refractivity contribution is 0.446. The molecule has 0 amide bonds. The van der Waals surface area contributed by atoms with Gasteiger partial charge in [0.1, 0.15) is 11.5 Å². The summed E-state index contributed by atoms with van der Waals surface area (Å²) in [7, 11) is 0. The van der Waals surface area contributed by atoms with Crippen LogP contribution in [0.25, 0.3) is 49.4 Å². The van der Waals surface area contributed by atoms with Crippen molar-refractivity contribution in [1.29, 1.82) is 0 Å². The molecule has 0 saturated carbocycles. The minimum absolute atomic E-state index is 0.0991. The van der Waals surface area contributed by atoms with Crippen LogP contribution in [0.5, 0.6) is 11.5 Å². The fraction of sp³-hybridized carbons (Fsp3) is 0.138. The fourth-order valence-electron chi connectivity index (χ4n) is 12.8. The van der Waals surface area contributed by atoms with Crippen LogP contribution in [0.15, 0.2) is 211 Å². The van der Waals surface area contributed by atoms with E-state index in [0.29, 0.717) is 0 Å². The molecule has 9 aromatic rings. The zero-order valence-corrected chi connectivity index (χ0v) is 38.9. The number of allylic oxidation sites excluding steroid dienone is 6. The average Bonchev–Trinajstić information content (AvgIpc) is 3.86. The van der Waals surface area contributed by atoms with E-state index in [1.165, 1.54) is 72.5 Å². The Bertz CT molecular complexity index is 3620. The van der Waals surface area contributed by atoms with E-state index in [4.69, 9.17) is 4.74 Å². The van der Waals surface area contributed by atoms with Gasteiger partial charge >= 0.3 is 0 Å². The highest BCUT2D eigenvalue weighted by atomic mass is 16.5. The minimum Gasteiger partial charge on any atom is -0.455 e. The van der Waals surface area contributed by atoms with E-state index in [9.17, 15) is 0 Å². The Morgan fingerprint density at radius 2 is 1.00 bits per heavy atom. The Balaban J connectivity index is 1.12. The molecule has 0 bridgehead atoms. The Kier molecular flexibility index (Phi) is 8.38. The molecule has 0 aromatic heterocycles. The van der Waals surface area contributed by atoms with Crippen LogP contribution in [0.1, 0.15) is 86.1 Å². The maximum Gasteiger partial charge on any atom is 0.140 e. The molecule has 0 N–H and O–H groups in total. The number of rotatable bonds is 5. The second-order valence-corrected chi connectivity index (χ2v) is 19.9. The normalized spacial score (nSPS) is 16.4. The van der Waals surface area contributed by atoms with Crippen molar-refractivity contribution in [3.63, 3.8) is 0 Å². The first-order valence-corrected chi connectivity index (χ1v) is 23.8. The second-order valence-electron chi connectivity index (χ2n) is 19.9. The van der Waals surface area contributed by atoms with E-state index in [0.717, 1.165) is 55.6 Å².